The fraction of sp³-hybridized carbons (Fsp3) is 0.667. The summed E-state index contributed by atoms with van der Waals surface area (Å²) in [6, 6.07) is 0.500. The Balaban J connectivity index is 1.90. The van der Waals surface area contributed by atoms with Crippen molar-refractivity contribution < 1.29 is 4.79 Å². The molecular weight excluding hydrogens is 366 g/mol. The van der Waals surface area contributed by atoms with E-state index in [0.29, 0.717) is 22.9 Å². The molecule has 0 N–H and O–H groups in total. The predicted molar refractivity (Wildman–Crippen MR) is 106 cm³/mol. The zero-order chi connectivity index (χ0) is 19.9. The summed E-state index contributed by atoms with van der Waals surface area (Å²) in [5, 5.41) is 0.566. The number of carbonyl (C=O) groups excluding carboxylic acids is 1. The lowest BCUT2D eigenvalue weighted by atomic mass is 9.98. The van der Waals surface area contributed by atoms with E-state index in [9.17, 15) is 14.4 Å². The maximum atomic E-state index is 12.8. The smallest absolute Gasteiger partial charge is 0.332 e. The fourth-order valence-electron chi connectivity index (χ4n) is 3.95. The number of carbonyl (C=O) groups is 1. The van der Waals surface area contributed by atoms with Gasteiger partial charge in [0, 0.05) is 32.7 Å². The van der Waals surface area contributed by atoms with E-state index in [1.54, 1.807) is 25.6 Å². The van der Waals surface area contributed by atoms with Crippen LogP contribution in [0.5, 0.6) is 0 Å². The number of piperidine rings is 1. The van der Waals surface area contributed by atoms with E-state index >= 15 is 0 Å². The first kappa shape index (κ1) is 19.7. The van der Waals surface area contributed by atoms with Crippen LogP contribution in [0.15, 0.2) is 14.7 Å². The van der Waals surface area contributed by atoms with Gasteiger partial charge in [-0.2, -0.15) is 0 Å². The number of nitrogens with zero attached hydrogens (tertiary/aromatic N) is 5. The second-order valence-electron chi connectivity index (χ2n) is 7.24. The summed E-state index contributed by atoms with van der Waals surface area (Å²) in [6.07, 6.45) is 3.22. The van der Waals surface area contributed by atoms with Crippen LogP contribution in [0.2, 0.25) is 0 Å². The van der Waals surface area contributed by atoms with Crippen LogP contribution in [-0.2, 0) is 25.4 Å². The lowest BCUT2D eigenvalue weighted by molar-refractivity contribution is -0.134. The Morgan fingerprint density at radius 1 is 1.15 bits per heavy atom. The third kappa shape index (κ3) is 3.33. The van der Waals surface area contributed by atoms with Crippen LogP contribution in [0, 0.1) is 0 Å². The summed E-state index contributed by atoms with van der Waals surface area (Å²) in [7, 11) is 3.36. The highest BCUT2D eigenvalue weighted by Crippen LogP contribution is 2.25. The normalized spacial score (nSPS) is 20.4. The van der Waals surface area contributed by atoms with Crippen LogP contribution < -0.4 is 11.2 Å². The first-order valence-corrected chi connectivity index (χ1v) is 10.4. The number of aryl methyl sites for hydroxylation is 2. The molecule has 1 amide bonds. The highest BCUT2D eigenvalue weighted by Gasteiger charge is 2.29. The van der Waals surface area contributed by atoms with Gasteiger partial charge in [-0.05, 0) is 40.0 Å². The Morgan fingerprint density at radius 3 is 2.37 bits per heavy atom. The van der Waals surface area contributed by atoms with E-state index in [1.165, 1.54) is 20.9 Å². The van der Waals surface area contributed by atoms with Crippen molar-refractivity contribution in [1.82, 2.24) is 23.6 Å². The third-order valence-electron chi connectivity index (χ3n) is 5.44. The van der Waals surface area contributed by atoms with Gasteiger partial charge in [-0.1, -0.05) is 11.8 Å². The Bertz CT molecular complexity index is 980. The minimum atomic E-state index is -0.378. The van der Waals surface area contributed by atoms with Crippen LogP contribution in [0.25, 0.3) is 11.2 Å². The number of thioether (sulfide) groups is 1. The molecule has 0 radical (unpaired) electrons. The summed E-state index contributed by atoms with van der Waals surface area (Å²) in [6.45, 7) is 6.26. The van der Waals surface area contributed by atoms with E-state index < -0.39 is 0 Å². The van der Waals surface area contributed by atoms with Crippen molar-refractivity contribution in [2.45, 2.75) is 63.8 Å². The van der Waals surface area contributed by atoms with E-state index in [0.717, 1.165) is 19.3 Å². The molecule has 0 saturated carbocycles. The average Bonchev–Trinajstić information content (AvgIpc) is 2.95. The SMILES string of the molecule is CCn1c(=O)c2c(nc(SCC(=O)N3[C@H](C)CCC[C@H]3C)n2C)n(C)c1=O. The molecule has 2 atom stereocenters. The van der Waals surface area contributed by atoms with Crippen LogP contribution in [0.4, 0.5) is 0 Å². The molecule has 0 aliphatic carbocycles. The van der Waals surface area contributed by atoms with Crippen molar-refractivity contribution >= 4 is 28.8 Å². The summed E-state index contributed by atoms with van der Waals surface area (Å²) < 4.78 is 4.27. The van der Waals surface area contributed by atoms with Crippen molar-refractivity contribution in [1.29, 1.82) is 0 Å². The molecule has 148 valence electrons. The summed E-state index contributed by atoms with van der Waals surface area (Å²) in [5.74, 6) is 0.355. The van der Waals surface area contributed by atoms with Crippen molar-refractivity contribution in [3.05, 3.63) is 20.8 Å². The molecule has 0 unspecified atom stereocenters. The second kappa shape index (κ2) is 7.53. The molecule has 1 aliphatic heterocycles. The van der Waals surface area contributed by atoms with Crippen LogP contribution in [0.1, 0.15) is 40.0 Å². The lowest BCUT2D eigenvalue weighted by Crippen LogP contribution is -2.48. The standard InChI is InChI=1S/C18H27N5O3S/c1-6-22-16(25)14-15(21(5)18(22)26)19-17(20(14)4)27-10-13(24)23-11(2)8-7-9-12(23)3/h11-12H,6-10H2,1-5H3/t11-,12-/m1/s1. The van der Waals surface area contributed by atoms with Gasteiger partial charge in [0.2, 0.25) is 5.91 Å². The second-order valence-corrected chi connectivity index (χ2v) is 8.18. The van der Waals surface area contributed by atoms with E-state index in [2.05, 4.69) is 18.8 Å². The molecule has 2 aromatic heterocycles. The van der Waals surface area contributed by atoms with Crippen LogP contribution in [0.3, 0.4) is 0 Å². The van der Waals surface area contributed by atoms with E-state index in [1.807, 2.05) is 4.90 Å². The highest BCUT2D eigenvalue weighted by molar-refractivity contribution is 7.99. The number of rotatable bonds is 4. The number of likely N-dealkylation sites (tertiary alicyclic amines) is 1. The monoisotopic (exact) mass is 393 g/mol. The third-order valence-corrected chi connectivity index (χ3v) is 6.46. The molecular formula is C18H27N5O3S. The van der Waals surface area contributed by atoms with Gasteiger partial charge >= 0.3 is 5.69 Å². The van der Waals surface area contributed by atoms with Crippen molar-refractivity contribution in [2.24, 2.45) is 14.1 Å². The predicted octanol–water partition coefficient (Wildman–Crippen LogP) is 1.34. The Hall–Kier alpha value is -2.03. The number of aromatic nitrogens is 4. The van der Waals surface area contributed by atoms with Gasteiger partial charge in [0.15, 0.2) is 16.3 Å². The number of hydrogen-bond donors (Lipinski definition) is 0. The van der Waals surface area contributed by atoms with Gasteiger partial charge in [0.05, 0.1) is 5.75 Å². The quantitative estimate of drug-likeness (QED) is 0.732. The topological polar surface area (TPSA) is 82.1 Å². The summed E-state index contributed by atoms with van der Waals surface area (Å²) >= 11 is 1.31. The first-order chi connectivity index (χ1) is 12.8. The molecule has 1 saturated heterocycles. The molecule has 9 heteroatoms. The Labute approximate surface area is 162 Å². The minimum Gasteiger partial charge on any atom is -0.337 e. The summed E-state index contributed by atoms with van der Waals surface area (Å²) in [5.41, 5.74) is 0.0132. The lowest BCUT2D eigenvalue weighted by Gasteiger charge is -2.39. The maximum absolute atomic E-state index is 12.8. The molecule has 2 aromatic rings. The molecule has 1 aliphatic rings. The number of hydrogen-bond acceptors (Lipinski definition) is 5. The minimum absolute atomic E-state index is 0.0895. The largest absolute Gasteiger partial charge is 0.337 e. The zero-order valence-corrected chi connectivity index (χ0v) is 17.4. The van der Waals surface area contributed by atoms with Crippen molar-refractivity contribution in [2.75, 3.05) is 5.75 Å². The van der Waals surface area contributed by atoms with Gasteiger partial charge in [0.1, 0.15) is 0 Å². The molecule has 0 aromatic carbocycles. The van der Waals surface area contributed by atoms with Gasteiger partial charge in [-0.25, -0.2) is 9.78 Å². The van der Waals surface area contributed by atoms with Gasteiger partial charge < -0.3 is 9.47 Å². The average molecular weight is 394 g/mol. The maximum Gasteiger partial charge on any atom is 0.332 e. The Morgan fingerprint density at radius 2 is 1.78 bits per heavy atom. The Kier molecular flexibility index (Phi) is 5.50. The first-order valence-electron chi connectivity index (χ1n) is 9.38. The molecule has 1 fully saturated rings. The van der Waals surface area contributed by atoms with Crippen molar-refractivity contribution in [3.63, 3.8) is 0 Å². The highest BCUT2D eigenvalue weighted by atomic mass is 32.2. The van der Waals surface area contributed by atoms with Gasteiger partial charge in [0.25, 0.3) is 5.56 Å². The van der Waals surface area contributed by atoms with Gasteiger partial charge in [-0.15, -0.1) is 0 Å². The van der Waals surface area contributed by atoms with Crippen LogP contribution >= 0.6 is 11.8 Å². The number of fused-ring (bicyclic) bond motifs is 1. The molecule has 0 spiro atoms. The number of imidazole rings is 1. The summed E-state index contributed by atoms with van der Waals surface area (Å²) in [4.78, 5) is 44.1. The molecule has 8 nitrogen and oxygen atoms in total. The molecule has 3 rings (SSSR count). The van der Waals surface area contributed by atoms with Gasteiger partial charge in [-0.3, -0.25) is 18.7 Å². The fourth-order valence-corrected chi connectivity index (χ4v) is 4.78. The molecule has 27 heavy (non-hydrogen) atoms. The van der Waals surface area contributed by atoms with E-state index in [4.69, 9.17) is 0 Å². The van der Waals surface area contributed by atoms with Crippen molar-refractivity contribution in [3.8, 4) is 0 Å². The zero-order valence-electron chi connectivity index (χ0n) is 16.6. The molecule has 3 heterocycles. The van der Waals surface area contributed by atoms with Crippen LogP contribution in [-0.4, -0.2) is 47.3 Å². The number of amides is 1. The molecule has 0 bridgehead atoms. The van der Waals surface area contributed by atoms with E-state index in [-0.39, 0.29) is 35.0 Å².